The molecule has 0 N–H and O–H groups in total. The average Bonchev–Trinajstić information content (AvgIpc) is 2.88. The van der Waals surface area contributed by atoms with Crippen molar-refractivity contribution in [3.63, 3.8) is 0 Å². The van der Waals surface area contributed by atoms with E-state index in [4.69, 9.17) is 4.42 Å². The van der Waals surface area contributed by atoms with E-state index in [1.807, 2.05) is 72.8 Å². The minimum atomic E-state index is -2.39. The first-order chi connectivity index (χ1) is 16.2. The normalized spacial score (nSPS) is 11.4. The molecular weight excluding hydrogens is 427 g/mol. The molecule has 1 aromatic heterocycles. The third-order valence-electron chi connectivity index (χ3n) is 5.91. The quantitative estimate of drug-likeness (QED) is 0.209. The van der Waals surface area contributed by atoms with Gasteiger partial charge >= 0.3 is 5.63 Å². The van der Waals surface area contributed by atoms with Gasteiger partial charge in [0.15, 0.2) is 0 Å². The van der Waals surface area contributed by atoms with Crippen LogP contribution in [0.15, 0.2) is 131 Å². The summed E-state index contributed by atoms with van der Waals surface area (Å²) in [5.74, 6) is -0.209. The lowest BCUT2D eigenvalue weighted by atomic mass is 10.1. The van der Waals surface area contributed by atoms with Crippen molar-refractivity contribution in [3.8, 4) is 0 Å². The van der Waals surface area contributed by atoms with E-state index in [9.17, 15) is 9.59 Å². The summed E-state index contributed by atoms with van der Waals surface area (Å²) in [5, 5.41) is 4.03. The van der Waals surface area contributed by atoms with Crippen LogP contribution in [0.4, 0.5) is 0 Å². The summed E-state index contributed by atoms with van der Waals surface area (Å²) in [4.78, 5) is 26.6. The Bertz CT molecular complexity index is 1360. The van der Waals surface area contributed by atoms with Crippen LogP contribution in [-0.2, 0) is 0 Å². The summed E-state index contributed by atoms with van der Waals surface area (Å²) < 4.78 is 5.48. The first-order valence-corrected chi connectivity index (χ1v) is 12.8. The molecule has 0 spiro atoms. The highest BCUT2D eigenvalue weighted by Crippen LogP contribution is 2.55. The van der Waals surface area contributed by atoms with Gasteiger partial charge in [0.2, 0.25) is 5.78 Å². The van der Waals surface area contributed by atoms with E-state index in [0.29, 0.717) is 5.58 Å². The molecule has 1 heterocycles. The first kappa shape index (κ1) is 21.1. The average molecular weight is 449 g/mol. The van der Waals surface area contributed by atoms with E-state index in [1.54, 1.807) is 12.1 Å². The molecule has 0 fully saturated rings. The monoisotopic (exact) mass is 449 g/mol. The highest BCUT2D eigenvalue weighted by molar-refractivity contribution is 7.96. The molecular formula is C29H22O3P+. The highest BCUT2D eigenvalue weighted by Gasteiger charge is 2.47. The van der Waals surface area contributed by atoms with E-state index >= 15 is 0 Å². The largest absolute Gasteiger partial charge is 0.422 e. The van der Waals surface area contributed by atoms with Crippen LogP contribution in [0.2, 0.25) is 0 Å². The summed E-state index contributed by atoms with van der Waals surface area (Å²) in [6, 6.07) is 39.4. The molecule has 0 atom stereocenters. The fourth-order valence-corrected chi connectivity index (χ4v) is 8.41. The van der Waals surface area contributed by atoms with Crippen molar-refractivity contribution in [3.05, 3.63) is 137 Å². The zero-order chi connectivity index (χ0) is 22.7. The van der Waals surface area contributed by atoms with Crippen LogP contribution in [0, 0.1) is 0 Å². The van der Waals surface area contributed by atoms with Gasteiger partial charge in [-0.3, -0.25) is 4.79 Å². The molecule has 5 aromatic rings. The number of hydrogen-bond donors (Lipinski definition) is 0. The van der Waals surface area contributed by atoms with E-state index in [0.717, 1.165) is 21.3 Å². The predicted octanol–water partition coefficient (Wildman–Crippen LogP) is 4.97. The zero-order valence-electron chi connectivity index (χ0n) is 17.9. The molecule has 5 rings (SSSR count). The van der Waals surface area contributed by atoms with E-state index in [2.05, 4.69) is 36.4 Å². The Kier molecular flexibility index (Phi) is 5.73. The van der Waals surface area contributed by atoms with Gasteiger partial charge in [-0.05, 0) is 48.5 Å². The summed E-state index contributed by atoms with van der Waals surface area (Å²) in [6.07, 6.45) is 0.203. The van der Waals surface area contributed by atoms with Crippen LogP contribution in [0.1, 0.15) is 10.4 Å². The second kappa shape index (κ2) is 8.97. The molecule has 0 bridgehead atoms. The fraction of sp³-hybridized carbons (Fsp3) is 0.0345. The number of fused-ring (bicyclic) bond motifs is 1. The van der Waals surface area contributed by atoms with Crippen LogP contribution in [0.5, 0.6) is 0 Å². The molecule has 0 radical (unpaired) electrons. The van der Waals surface area contributed by atoms with Crippen LogP contribution < -0.4 is 21.5 Å². The Balaban J connectivity index is 1.72. The fourth-order valence-electron chi connectivity index (χ4n) is 4.33. The van der Waals surface area contributed by atoms with Crippen molar-refractivity contribution >= 4 is 39.9 Å². The lowest BCUT2D eigenvalue weighted by molar-refractivity contribution is 0.101. The smallest absolute Gasteiger partial charge is 0.347 e. The number of para-hydroxylation sites is 1. The number of hydrogen-bond acceptors (Lipinski definition) is 3. The number of benzene rings is 4. The zero-order valence-corrected chi connectivity index (χ0v) is 18.8. The topological polar surface area (TPSA) is 47.3 Å². The standard InChI is InChI=1S/C29H22O3P/c30-27(26-20-22-12-10-11-19-28(22)32-29(26)31)21-33(23-13-4-1-5-14-23,24-15-6-2-7-16-24)25-17-8-3-9-18-25/h1-20H,21H2/q+1. The SMILES string of the molecule is O=C(C[P+](c1ccccc1)(c1ccccc1)c1ccccc1)c1cc2ccccc2oc1=O. The van der Waals surface area contributed by atoms with Gasteiger partial charge < -0.3 is 4.42 Å². The van der Waals surface area contributed by atoms with Crippen molar-refractivity contribution in [1.29, 1.82) is 0 Å². The van der Waals surface area contributed by atoms with Gasteiger partial charge in [-0.25, -0.2) is 4.79 Å². The van der Waals surface area contributed by atoms with Gasteiger partial charge in [0.05, 0.1) is 0 Å². The van der Waals surface area contributed by atoms with Crippen molar-refractivity contribution in [1.82, 2.24) is 0 Å². The summed E-state index contributed by atoms with van der Waals surface area (Å²) >= 11 is 0. The van der Waals surface area contributed by atoms with Gasteiger partial charge in [-0.1, -0.05) is 72.8 Å². The van der Waals surface area contributed by atoms with E-state index in [-0.39, 0.29) is 17.5 Å². The first-order valence-electron chi connectivity index (χ1n) is 10.8. The Hall–Kier alpha value is -3.81. The third-order valence-corrected chi connectivity index (χ3v) is 10.2. The Morgan fingerprint density at radius 2 is 1.09 bits per heavy atom. The Morgan fingerprint density at radius 1 is 0.636 bits per heavy atom. The van der Waals surface area contributed by atoms with Crippen LogP contribution >= 0.6 is 7.26 Å². The molecule has 0 saturated carbocycles. The molecule has 33 heavy (non-hydrogen) atoms. The summed E-state index contributed by atoms with van der Waals surface area (Å²) in [7, 11) is -2.39. The number of ketones is 1. The number of Topliss-reactive ketones (excluding diaryl/α,β-unsaturated/α-hetero) is 1. The van der Waals surface area contributed by atoms with Crippen molar-refractivity contribution < 1.29 is 9.21 Å². The molecule has 0 aliphatic heterocycles. The van der Waals surface area contributed by atoms with Gasteiger partial charge in [0, 0.05) is 5.39 Å². The summed E-state index contributed by atoms with van der Waals surface area (Å²) in [6.45, 7) is 0. The minimum absolute atomic E-state index is 0.0980. The van der Waals surface area contributed by atoms with Crippen molar-refractivity contribution in [2.75, 3.05) is 6.16 Å². The lowest BCUT2D eigenvalue weighted by Crippen LogP contribution is -2.36. The second-order valence-electron chi connectivity index (χ2n) is 7.88. The van der Waals surface area contributed by atoms with Crippen LogP contribution in [0.3, 0.4) is 0 Å². The number of carbonyl (C=O) groups excluding carboxylic acids is 1. The van der Waals surface area contributed by atoms with Crippen LogP contribution in [0.25, 0.3) is 11.0 Å². The number of carbonyl (C=O) groups is 1. The molecule has 0 saturated heterocycles. The maximum Gasteiger partial charge on any atom is 0.347 e. The molecule has 0 unspecified atom stereocenters. The molecule has 4 heteroatoms. The minimum Gasteiger partial charge on any atom is -0.422 e. The van der Waals surface area contributed by atoms with Crippen molar-refractivity contribution in [2.45, 2.75) is 0 Å². The molecule has 0 aliphatic rings. The Morgan fingerprint density at radius 3 is 1.61 bits per heavy atom. The molecule has 0 amide bonds. The maximum atomic E-state index is 13.8. The molecule has 3 nitrogen and oxygen atoms in total. The van der Waals surface area contributed by atoms with E-state index < -0.39 is 12.9 Å². The highest BCUT2D eigenvalue weighted by atomic mass is 31.2. The molecule has 160 valence electrons. The summed E-state index contributed by atoms with van der Waals surface area (Å²) in [5.41, 5.74) is -0.0128. The lowest BCUT2D eigenvalue weighted by Gasteiger charge is -2.27. The van der Waals surface area contributed by atoms with Crippen molar-refractivity contribution in [2.24, 2.45) is 0 Å². The maximum absolute atomic E-state index is 13.8. The second-order valence-corrected chi connectivity index (χ2v) is 11.4. The van der Waals surface area contributed by atoms with Crippen LogP contribution in [-0.4, -0.2) is 11.9 Å². The van der Waals surface area contributed by atoms with Gasteiger partial charge in [-0.2, -0.15) is 0 Å². The van der Waals surface area contributed by atoms with Gasteiger partial charge in [0.25, 0.3) is 0 Å². The van der Waals surface area contributed by atoms with Gasteiger partial charge in [-0.15, -0.1) is 0 Å². The predicted molar refractivity (Wildman–Crippen MR) is 137 cm³/mol. The molecule has 4 aromatic carbocycles. The number of rotatable bonds is 6. The third kappa shape index (κ3) is 3.92. The molecule has 0 aliphatic carbocycles. The van der Waals surface area contributed by atoms with Gasteiger partial charge in [0.1, 0.15) is 40.5 Å². The van der Waals surface area contributed by atoms with E-state index in [1.165, 1.54) is 0 Å². The Labute approximate surface area is 192 Å².